The van der Waals surface area contributed by atoms with Crippen LogP contribution in [0.5, 0.6) is 0 Å². The van der Waals surface area contributed by atoms with E-state index in [1.807, 2.05) is 6.08 Å². The smallest absolute Gasteiger partial charge is 0.0161 e. The maximum atomic E-state index is 3.73. The molecule has 0 nitrogen and oxygen atoms in total. The van der Waals surface area contributed by atoms with E-state index < -0.39 is 0 Å². The van der Waals surface area contributed by atoms with E-state index in [2.05, 4.69) is 52.5 Å². The second kappa shape index (κ2) is 11.1. The molecule has 1 aliphatic carbocycles. The molecular weight excluding hydrogens is 216 g/mol. The van der Waals surface area contributed by atoms with Gasteiger partial charge in [-0.1, -0.05) is 66.9 Å². The van der Waals surface area contributed by atoms with Gasteiger partial charge in [0.1, 0.15) is 0 Å². The number of rotatable bonds is 6. The van der Waals surface area contributed by atoms with E-state index in [-0.39, 0.29) is 0 Å². The van der Waals surface area contributed by atoms with Crippen LogP contribution in [0.2, 0.25) is 0 Å². The molecule has 1 saturated carbocycles. The zero-order valence-corrected chi connectivity index (χ0v) is 12.8. The summed E-state index contributed by atoms with van der Waals surface area (Å²) < 4.78 is 0. The van der Waals surface area contributed by atoms with E-state index in [9.17, 15) is 0 Å². The zero-order chi connectivity index (χ0) is 13.8. The van der Waals surface area contributed by atoms with Gasteiger partial charge in [-0.25, -0.2) is 0 Å². The van der Waals surface area contributed by atoms with Crippen molar-refractivity contribution in [2.24, 2.45) is 0 Å². The van der Waals surface area contributed by atoms with E-state index in [4.69, 9.17) is 0 Å². The van der Waals surface area contributed by atoms with Crippen LogP contribution in [0.4, 0.5) is 0 Å². The van der Waals surface area contributed by atoms with Gasteiger partial charge in [-0.2, -0.15) is 0 Å². The third kappa shape index (κ3) is 15.0. The fourth-order valence-corrected chi connectivity index (χ4v) is 1.22. The van der Waals surface area contributed by atoms with Crippen molar-refractivity contribution in [1.82, 2.24) is 0 Å². The summed E-state index contributed by atoms with van der Waals surface area (Å²) in [5.41, 5.74) is 4.13. The van der Waals surface area contributed by atoms with Crippen molar-refractivity contribution in [3.63, 3.8) is 0 Å². The molecule has 0 saturated heterocycles. The molecule has 0 bridgehead atoms. The summed E-state index contributed by atoms with van der Waals surface area (Å²) >= 11 is 0. The number of hydrogen-bond donors (Lipinski definition) is 0. The predicted octanol–water partition coefficient (Wildman–Crippen LogP) is 6.37. The first-order valence-electron chi connectivity index (χ1n) is 7.14. The molecule has 0 spiro atoms. The highest BCUT2D eigenvalue weighted by atomic mass is 14.0. The van der Waals surface area contributed by atoms with E-state index in [0.717, 1.165) is 12.8 Å². The van der Waals surface area contributed by atoms with Gasteiger partial charge in [-0.3, -0.25) is 0 Å². The van der Waals surface area contributed by atoms with E-state index >= 15 is 0 Å². The quantitative estimate of drug-likeness (QED) is 0.377. The molecule has 0 atom stereocenters. The maximum Gasteiger partial charge on any atom is -0.0161 e. The Balaban J connectivity index is 0.000000827. The topological polar surface area (TPSA) is 0 Å². The monoisotopic (exact) mass is 246 g/mol. The zero-order valence-electron chi connectivity index (χ0n) is 12.8. The Kier molecular flexibility index (Phi) is 10.4. The molecular formula is C18H30. The molecule has 0 radical (unpaired) electrons. The van der Waals surface area contributed by atoms with Gasteiger partial charge in [0.05, 0.1) is 0 Å². The fourth-order valence-electron chi connectivity index (χ4n) is 1.22. The highest BCUT2D eigenvalue weighted by Crippen LogP contribution is 2.14. The predicted molar refractivity (Wildman–Crippen MR) is 84.8 cm³/mol. The van der Waals surface area contributed by atoms with Crippen molar-refractivity contribution >= 4 is 0 Å². The maximum absolute atomic E-state index is 3.73. The largest absolute Gasteiger partial charge is 0.0988 e. The van der Waals surface area contributed by atoms with Crippen LogP contribution in [-0.4, -0.2) is 0 Å². The van der Waals surface area contributed by atoms with Gasteiger partial charge in [0, 0.05) is 0 Å². The number of allylic oxidation sites excluding steroid dienone is 7. The Morgan fingerprint density at radius 3 is 2.00 bits per heavy atom. The third-order valence-electron chi connectivity index (χ3n) is 2.67. The van der Waals surface area contributed by atoms with Crippen LogP contribution in [0.3, 0.4) is 0 Å². The molecule has 0 unspecified atom stereocenters. The lowest BCUT2D eigenvalue weighted by molar-refractivity contribution is 0.958. The summed E-state index contributed by atoms with van der Waals surface area (Å²) in [6.45, 7) is 12.3. The summed E-state index contributed by atoms with van der Waals surface area (Å²) in [4.78, 5) is 0. The Labute approximate surface area is 114 Å². The molecule has 0 heterocycles. The van der Waals surface area contributed by atoms with Gasteiger partial charge >= 0.3 is 0 Å². The first-order chi connectivity index (χ1) is 8.56. The average molecular weight is 246 g/mol. The first kappa shape index (κ1) is 17.0. The van der Waals surface area contributed by atoms with Crippen molar-refractivity contribution in [2.75, 3.05) is 0 Å². The average Bonchev–Trinajstić information content (AvgIpc) is 3.15. The highest BCUT2D eigenvalue weighted by molar-refractivity contribution is 5.15. The van der Waals surface area contributed by atoms with E-state index in [0.29, 0.717) is 0 Å². The van der Waals surface area contributed by atoms with Crippen LogP contribution in [0.25, 0.3) is 0 Å². The highest BCUT2D eigenvalue weighted by Gasteiger charge is 1.95. The minimum atomic E-state index is 1.03. The Bertz CT molecular complexity index is 304. The Morgan fingerprint density at radius 1 is 0.944 bits per heavy atom. The molecule has 1 aliphatic rings. The van der Waals surface area contributed by atoms with Gasteiger partial charge in [0.2, 0.25) is 0 Å². The standard InChI is InChI=1S/C15H24.C3H6/c1-6-14(4)10-8-12-15(5)11-7-9-13(2)3;1-2-3-1/h6,9-10,12H,1,7-8,11H2,2-5H3;1-3H2/b14-10+,15-12+;. The molecule has 0 aromatic heterocycles. The van der Waals surface area contributed by atoms with Crippen LogP contribution in [0, 0.1) is 0 Å². The molecule has 1 rings (SSSR count). The van der Waals surface area contributed by atoms with Crippen molar-refractivity contribution in [3.05, 3.63) is 47.6 Å². The van der Waals surface area contributed by atoms with Crippen LogP contribution < -0.4 is 0 Å². The van der Waals surface area contributed by atoms with Crippen LogP contribution in [0.15, 0.2) is 47.6 Å². The second-order valence-electron chi connectivity index (χ2n) is 5.32. The van der Waals surface area contributed by atoms with Crippen LogP contribution in [0.1, 0.15) is 66.2 Å². The Morgan fingerprint density at radius 2 is 1.56 bits per heavy atom. The van der Waals surface area contributed by atoms with Gasteiger partial charge < -0.3 is 0 Å². The summed E-state index contributed by atoms with van der Waals surface area (Å²) in [5.74, 6) is 0. The summed E-state index contributed by atoms with van der Waals surface area (Å²) in [5, 5.41) is 0. The molecule has 18 heavy (non-hydrogen) atoms. The molecule has 0 aromatic carbocycles. The minimum absolute atomic E-state index is 1.03. The van der Waals surface area contributed by atoms with Crippen molar-refractivity contribution in [3.8, 4) is 0 Å². The summed E-state index contributed by atoms with van der Waals surface area (Å²) in [6.07, 6.45) is 16.6. The lowest BCUT2D eigenvalue weighted by atomic mass is 10.1. The molecule has 102 valence electrons. The van der Waals surface area contributed by atoms with Gasteiger partial charge in [0.25, 0.3) is 0 Å². The molecule has 0 aromatic rings. The van der Waals surface area contributed by atoms with Gasteiger partial charge in [-0.15, -0.1) is 0 Å². The SMILES string of the molecule is C1CC1.C=C/C(C)=C/C/C=C(\C)CCC=C(C)C. The van der Waals surface area contributed by atoms with Gasteiger partial charge in [-0.05, 0) is 47.0 Å². The van der Waals surface area contributed by atoms with Crippen LogP contribution in [-0.2, 0) is 0 Å². The molecule has 0 heteroatoms. The van der Waals surface area contributed by atoms with E-state index in [1.54, 1.807) is 0 Å². The second-order valence-corrected chi connectivity index (χ2v) is 5.32. The van der Waals surface area contributed by atoms with Crippen molar-refractivity contribution in [1.29, 1.82) is 0 Å². The fraction of sp³-hybridized carbons (Fsp3) is 0.556. The summed E-state index contributed by atoms with van der Waals surface area (Å²) in [7, 11) is 0. The molecule has 0 N–H and O–H groups in total. The first-order valence-corrected chi connectivity index (χ1v) is 7.14. The molecule has 0 aliphatic heterocycles. The molecule has 0 amide bonds. The van der Waals surface area contributed by atoms with Crippen molar-refractivity contribution in [2.45, 2.75) is 66.2 Å². The number of hydrogen-bond acceptors (Lipinski definition) is 0. The van der Waals surface area contributed by atoms with E-state index in [1.165, 1.54) is 42.4 Å². The lowest BCUT2D eigenvalue weighted by Gasteiger charge is -1.98. The normalized spacial score (nSPS) is 14.4. The van der Waals surface area contributed by atoms with Gasteiger partial charge in [0.15, 0.2) is 0 Å². The minimum Gasteiger partial charge on any atom is -0.0988 e. The third-order valence-corrected chi connectivity index (χ3v) is 2.67. The summed E-state index contributed by atoms with van der Waals surface area (Å²) in [6, 6.07) is 0. The van der Waals surface area contributed by atoms with Crippen molar-refractivity contribution < 1.29 is 0 Å². The Hall–Kier alpha value is -1.04. The lowest BCUT2D eigenvalue weighted by Crippen LogP contribution is -1.77. The van der Waals surface area contributed by atoms with Crippen LogP contribution >= 0.6 is 0 Å². The molecule has 1 fully saturated rings.